The average Bonchev–Trinajstić information content (AvgIpc) is 3.35. The molecule has 1 saturated carbocycles. The lowest BCUT2D eigenvalue weighted by molar-refractivity contribution is -0.132. The summed E-state index contributed by atoms with van der Waals surface area (Å²) in [7, 11) is 1.68. The highest BCUT2D eigenvalue weighted by Gasteiger charge is 2.45. The Balaban J connectivity index is 1.93. The fourth-order valence-electron chi connectivity index (χ4n) is 2.95. The van der Waals surface area contributed by atoms with Gasteiger partial charge in [0.05, 0.1) is 7.11 Å². The Morgan fingerprint density at radius 1 is 1.14 bits per heavy atom. The van der Waals surface area contributed by atoms with Crippen LogP contribution in [0.1, 0.15) is 57.4 Å². The lowest BCUT2D eigenvalue weighted by Crippen LogP contribution is -2.34. The fourth-order valence-corrected chi connectivity index (χ4v) is 2.95. The molecular weight excluding hydrogens is 274 g/mol. The number of carbonyl (C=O) groups excluding carboxylic acids is 1. The first kappa shape index (κ1) is 16.9. The van der Waals surface area contributed by atoms with Crippen LogP contribution >= 0.6 is 0 Å². The van der Waals surface area contributed by atoms with Crippen molar-refractivity contribution in [3.63, 3.8) is 0 Å². The summed E-state index contributed by atoms with van der Waals surface area (Å²) in [6.07, 6.45) is 5.50. The molecule has 0 saturated heterocycles. The second kappa shape index (κ2) is 8.21. The number of carbonyl (C=O) groups is 1. The maximum Gasteiger partial charge on any atom is 0.226 e. The summed E-state index contributed by atoms with van der Waals surface area (Å²) >= 11 is 0. The quantitative estimate of drug-likeness (QED) is 0.683. The van der Waals surface area contributed by atoms with Gasteiger partial charge in [-0.05, 0) is 42.9 Å². The van der Waals surface area contributed by atoms with E-state index in [1.165, 1.54) is 5.56 Å². The summed E-state index contributed by atoms with van der Waals surface area (Å²) in [4.78, 5) is 14.8. The number of benzene rings is 1. The van der Waals surface area contributed by atoms with Gasteiger partial charge in [0.2, 0.25) is 5.91 Å². The Labute approximate surface area is 134 Å². The Bertz CT molecular complexity index is 461. The number of nitrogens with zero attached hydrogens (tertiary/aromatic N) is 1. The van der Waals surface area contributed by atoms with Crippen molar-refractivity contribution in [3.8, 4) is 5.75 Å². The summed E-state index contributed by atoms with van der Waals surface area (Å²) in [5.74, 6) is 1.84. The van der Waals surface area contributed by atoms with Crippen molar-refractivity contribution in [1.29, 1.82) is 0 Å². The van der Waals surface area contributed by atoms with Crippen molar-refractivity contribution in [2.45, 2.75) is 51.9 Å². The van der Waals surface area contributed by atoms with Gasteiger partial charge in [-0.1, -0.05) is 38.8 Å². The largest absolute Gasteiger partial charge is 0.497 e. The third-order valence-electron chi connectivity index (χ3n) is 4.53. The van der Waals surface area contributed by atoms with Gasteiger partial charge in [-0.2, -0.15) is 0 Å². The zero-order valence-corrected chi connectivity index (χ0v) is 14.2. The van der Waals surface area contributed by atoms with Crippen LogP contribution < -0.4 is 4.74 Å². The molecule has 1 aliphatic carbocycles. The summed E-state index contributed by atoms with van der Waals surface area (Å²) < 4.78 is 5.20. The number of hydrogen-bond donors (Lipinski definition) is 0. The van der Waals surface area contributed by atoms with Gasteiger partial charge in [0.1, 0.15) is 5.75 Å². The number of amides is 1. The van der Waals surface area contributed by atoms with Crippen molar-refractivity contribution in [1.82, 2.24) is 4.90 Å². The van der Waals surface area contributed by atoms with Crippen LogP contribution in [0.3, 0.4) is 0 Å². The highest BCUT2D eigenvalue weighted by molar-refractivity contribution is 5.83. The lowest BCUT2D eigenvalue weighted by Gasteiger charge is -2.22. The molecule has 1 aliphatic rings. The Morgan fingerprint density at radius 2 is 1.73 bits per heavy atom. The molecule has 1 aromatic carbocycles. The number of hydrogen-bond acceptors (Lipinski definition) is 2. The summed E-state index contributed by atoms with van der Waals surface area (Å²) in [6.45, 7) is 6.20. The molecule has 2 rings (SSSR count). The summed E-state index contributed by atoms with van der Waals surface area (Å²) in [5.41, 5.74) is 1.27. The van der Waals surface area contributed by atoms with Crippen molar-refractivity contribution < 1.29 is 9.53 Å². The molecule has 122 valence electrons. The van der Waals surface area contributed by atoms with E-state index < -0.39 is 0 Å². The molecule has 2 atom stereocenters. The Kier molecular flexibility index (Phi) is 6.29. The topological polar surface area (TPSA) is 29.5 Å². The molecule has 0 heterocycles. The fraction of sp³-hybridized carbons (Fsp3) is 0.632. The first-order valence-electron chi connectivity index (χ1n) is 8.64. The second-order valence-electron chi connectivity index (χ2n) is 6.25. The van der Waals surface area contributed by atoms with Crippen LogP contribution in [0.4, 0.5) is 0 Å². The first-order chi connectivity index (χ1) is 10.7. The van der Waals surface area contributed by atoms with Crippen LogP contribution in [-0.2, 0) is 4.79 Å². The highest BCUT2D eigenvalue weighted by Crippen LogP contribution is 2.48. The summed E-state index contributed by atoms with van der Waals surface area (Å²) in [5, 5.41) is 0. The predicted octanol–water partition coefficient (Wildman–Crippen LogP) is 4.23. The van der Waals surface area contributed by atoms with E-state index >= 15 is 0 Å². The van der Waals surface area contributed by atoms with E-state index in [4.69, 9.17) is 4.74 Å². The van der Waals surface area contributed by atoms with Crippen molar-refractivity contribution in [3.05, 3.63) is 29.8 Å². The minimum Gasteiger partial charge on any atom is -0.497 e. The van der Waals surface area contributed by atoms with Crippen LogP contribution in [0.2, 0.25) is 0 Å². The molecule has 1 fully saturated rings. The molecule has 0 aromatic heterocycles. The van der Waals surface area contributed by atoms with Crippen LogP contribution in [0, 0.1) is 5.92 Å². The lowest BCUT2D eigenvalue weighted by atomic mass is 10.1. The number of rotatable bonds is 9. The average molecular weight is 303 g/mol. The molecule has 0 N–H and O–H groups in total. The molecule has 1 aromatic rings. The maximum absolute atomic E-state index is 12.7. The molecule has 0 radical (unpaired) electrons. The van der Waals surface area contributed by atoms with Crippen LogP contribution in [-0.4, -0.2) is 31.0 Å². The number of unbranched alkanes of at least 4 members (excludes halogenated alkanes) is 2. The smallest absolute Gasteiger partial charge is 0.226 e. The van der Waals surface area contributed by atoms with Crippen LogP contribution in [0.5, 0.6) is 5.75 Å². The van der Waals surface area contributed by atoms with Gasteiger partial charge in [-0.15, -0.1) is 0 Å². The molecule has 22 heavy (non-hydrogen) atoms. The normalized spacial score (nSPS) is 19.8. The number of ether oxygens (including phenoxy) is 1. The van der Waals surface area contributed by atoms with E-state index in [1.54, 1.807) is 7.11 Å². The zero-order chi connectivity index (χ0) is 15.9. The number of methoxy groups -OCH3 is 1. The summed E-state index contributed by atoms with van der Waals surface area (Å²) in [6, 6.07) is 8.17. The van der Waals surface area contributed by atoms with E-state index in [9.17, 15) is 4.79 Å². The van der Waals surface area contributed by atoms with Crippen LogP contribution in [0.15, 0.2) is 24.3 Å². The predicted molar refractivity (Wildman–Crippen MR) is 90.2 cm³/mol. The van der Waals surface area contributed by atoms with Gasteiger partial charge in [-0.3, -0.25) is 4.79 Å². The van der Waals surface area contributed by atoms with E-state index in [1.807, 2.05) is 12.1 Å². The molecular formula is C19H29NO2. The van der Waals surface area contributed by atoms with Crippen molar-refractivity contribution >= 4 is 5.91 Å². The standard InChI is InChI=1S/C19H29NO2/c1-4-6-12-20(13-7-5-2)19(21)18-14-17(18)15-8-10-16(22-3)11-9-15/h8-11,17-18H,4-7,12-14H2,1-3H3. The molecule has 2 unspecified atom stereocenters. The van der Waals surface area contributed by atoms with Crippen LogP contribution in [0.25, 0.3) is 0 Å². The third kappa shape index (κ3) is 4.25. The Hall–Kier alpha value is -1.51. The maximum atomic E-state index is 12.7. The molecule has 3 heteroatoms. The first-order valence-corrected chi connectivity index (χ1v) is 8.64. The van der Waals surface area contributed by atoms with Gasteiger partial charge >= 0.3 is 0 Å². The second-order valence-corrected chi connectivity index (χ2v) is 6.25. The molecule has 0 aliphatic heterocycles. The monoisotopic (exact) mass is 303 g/mol. The molecule has 3 nitrogen and oxygen atoms in total. The third-order valence-corrected chi connectivity index (χ3v) is 4.53. The SMILES string of the molecule is CCCCN(CCCC)C(=O)C1CC1c1ccc(OC)cc1. The van der Waals surface area contributed by atoms with Gasteiger partial charge in [0.25, 0.3) is 0 Å². The van der Waals surface area contributed by atoms with E-state index in [2.05, 4.69) is 30.9 Å². The van der Waals surface area contributed by atoms with Gasteiger partial charge in [-0.25, -0.2) is 0 Å². The van der Waals surface area contributed by atoms with Gasteiger partial charge in [0, 0.05) is 19.0 Å². The van der Waals surface area contributed by atoms with E-state index in [0.717, 1.165) is 50.9 Å². The molecule has 0 bridgehead atoms. The molecule has 0 spiro atoms. The zero-order valence-electron chi connectivity index (χ0n) is 14.2. The van der Waals surface area contributed by atoms with Gasteiger partial charge < -0.3 is 9.64 Å². The molecule has 1 amide bonds. The minimum atomic E-state index is 0.196. The highest BCUT2D eigenvalue weighted by atomic mass is 16.5. The minimum absolute atomic E-state index is 0.196. The Morgan fingerprint density at radius 3 is 2.23 bits per heavy atom. The van der Waals surface area contributed by atoms with E-state index in [-0.39, 0.29) is 5.92 Å². The van der Waals surface area contributed by atoms with Gasteiger partial charge in [0.15, 0.2) is 0 Å². The van der Waals surface area contributed by atoms with Crippen molar-refractivity contribution in [2.75, 3.05) is 20.2 Å². The van der Waals surface area contributed by atoms with E-state index in [0.29, 0.717) is 11.8 Å². The van der Waals surface area contributed by atoms with Crippen molar-refractivity contribution in [2.24, 2.45) is 5.92 Å².